The van der Waals surface area contributed by atoms with Crippen LogP contribution in [0.2, 0.25) is 0 Å². The van der Waals surface area contributed by atoms with Crippen molar-refractivity contribution >= 4 is 11.9 Å². The minimum atomic E-state index is -0.392. The first-order valence-electron chi connectivity index (χ1n) is 14.6. The highest BCUT2D eigenvalue weighted by Gasteiger charge is 2.29. The molecule has 0 saturated heterocycles. The molecule has 0 fully saturated rings. The number of esters is 2. The molecular weight excluding hydrogens is 424 g/mol. The standard InChI is InChI=1S/C30H58O4/c1-7-11-20-26(9-3)24-33-28(31)22-18-16-14-13-15-17-19-23-30(5,6)29(32)34-25-27(10-4)21-12-8-2/h26-27H,7-25H2,1-6H3. The number of ether oxygens (including phenoxy) is 2. The van der Waals surface area contributed by atoms with E-state index in [-0.39, 0.29) is 11.9 Å². The van der Waals surface area contributed by atoms with Gasteiger partial charge in [0.2, 0.25) is 0 Å². The fourth-order valence-corrected chi connectivity index (χ4v) is 4.29. The van der Waals surface area contributed by atoms with Crippen LogP contribution in [0.4, 0.5) is 0 Å². The first-order valence-corrected chi connectivity index (χ1v) is 14.6. The lowest BCUT2D eigenvalue weighted by molar-refractivity contribution is -0.156. The zero-order valence-electron chi connectivity index (χ0n) is 23.7. The van der Waals surface area contributed by atoms with Gasteiger partial charge in [0.05, 0.1) is 18.6 Å². The molecule has 0 bridgehead atoms. The van der Waals surface area contributed by atoms with E-state index < -0.39 is 5.41 Å². The molecule has 0 saturated carbocycles. The highest BCUT2D eigenvalue weighted by molar-refractivity contribution is 5.75. The summed E-state index contributed by atoms with van der Waals surface area (Å²) in [6, 6.07) is 0. The molecule has 4 nitrogen and oxygen atoms in total. The number of unbranched alkanes of at least 4 members (excludes halogenated alkanes) is 8. The third kappa shape index (κ3) is 17.4. The van der Waals surface area contributed by atoms with E-state index in [9.17, 15) is 9.59 Å². The van der Waals surface area contributed by atoms with E-state index in [0.29, 0.717) is 31.5 Å². The monoisotopic (exact) mass is 482 g/mol. The second-order valence-electron chi connectivity index (χ2n) is 11.0. The molecule has 4 heteroatoms. The Morgan fingerprint density at radius 1 is 0.647 bits per heavy atom. The minimum absolute atomic E-state index is 0.0281. The van der Waals surface area contributed by atoms with Gasteiger partial charge >= 0.3 is 11.9 Å². The minimum Gasteiger partial charge on any atom is -0.465 e. The SMILES string of the molecule is CCCCC(CC)COC(=O)CCCCCCCCCC(C)(C)C(=O)OCC(CC)CCCC. The van der Waals surface area contributed by atoms with Gasteiger partial charge in [0.25, 0.3) is 0 Å². The van der Waals surface area contributed by atoms with Gasteiger partial charge in [0.15, 0.2) is 0 Å². The molecule has 0 aromatic heterocycles. The molecule has 0 N–H and O–H groups in total. The van der Waals surface area contributed by atoms with Crippen LogP contribution in [0.1, 0.15) is 151 Å². The van der Waals surface area contributed by atoms with Crippen molar-refractivity contribution < 1.29 is 19.1 Å². The van der Waals surface area contributed by atoms with E-state index in [0.717, 1.165) is 57.8 Å². The Morgan fingerprint density at radius 3 is 1.62 bits per heavy atom. The summed E-state index contributed by atoms with van der Waals surface area (Å²) in [5.41, 5.74) is -0.392. The molecule has 0 aromatic carbocycles. The summed E-state index contributed by atoms with van der Waals surface area (Å²) < 4.78 is 11.2. The van der Waals surface area contributed by atoms with Crippen LogP contribution in [-0.2, 0) is 19.1 Å². The van der Waals surface area contributed by atoms with Crippen molar-refractivity contribution in [1.29, 1.82) is 0 Å². The van der Waals surface area contributed by atoms with Crippen LogP contribution >= 0.6 is 0 Å². The zero-order chi connectivity index (χ0) is 25.7. The summed E-state index contributed by atoms with van der Waals surface area (Å²) in [6.07, 6.45) is 18.6. The quantitative estimate of drug-likeness (QED) is 0.108. The second-order valence-corrected chi connectivity index (χ2v) is 11.0. The van der Waals surface area contributed by atoms with Crippen LogP contribution in [0, 0.1) is 17.3 Å². The molecule has 0 heterocycles. The average Bonchev–Trinajstić information content (AvgIpc) is 2.82. The van der Waals surface area contributed by atoms with E-state index in [1.165, 1.54) is 44.9 Å². The number of rotatable bonds is 23. The first-order chi connectivity index (χ1) is 16.3. The number of carbonyl (C=O) groups is 2. The van der Waals surface area contributed by atoms with Crippen molar-refractivity contribution in [3.05, 3.63) is 0 Å². The van der Waals surface area contributed by atoms with Crippen LogP contribution in [0.25, 0.3) is 0 Å². The Balaban J connectivity index is 3.78. The van der Waals surface area contributed by atoms with Crippen molar-refractivity contribution in [1.82, 2.24) is 0 Å². The van der Waals surface area contributed by atoms with E-state index in [2.05, 4.69) is 27.7 Å². The van der Waals surface area contributed by atoms with Gasteiger partial charge in [0.1, 0.15) is 0 Å². The van der Waals surface area contributed by atoms with Gasteiger partial charge in [-0.1, -0.05) is 105 Å². The summed E-state index contributed by atoms with van der Waals surface area (Å²) in [7, 11) is 0. The second kappa shape index (κ2) is 21.2. The largest absolute Gasteiger partial charge is 0.465 e. The molecule has 0 spiro atoms. The molecule has 0 aliphatic heterocycles. The molecule has 0 amide bonds. The number of hydrogen-bond donors (Lipinski definition) is 0. The van der Waals surface area contributed by atoms with Crippen molar-refractivity contribution in [2.24, 2.45) is 17.3 Å². The highest BCUT2D eigenvalue weighted by Crippen LogP contribution is 2.27. The fourth-order valence-electron chi connectivity index (χ4n) is 4.29. The first kappa shape index (κ1) is 32.9. The average molecular weight is 483 g/mol. The zero-order valence-corrected chi connectivity index (χ0v) is 23.7. The Morgan fingerprint density at radius 2 is 1.12 bits per heavy atom. The van der Waals surface area contributed by atoms with Gasteiger partial charge in [-0.25, -0.2) is 0 Å². The summed E-state index contributed by atoms with van der Waals surface area (Å²) in [5, 5.41) is 0. The van der Waals surface area contributed by atoms with Gasteiger partial charge in [-0.15, -0.1) is 0 Å². The van der Waals surface area contributed by atoms with Crippen LogP contribution < -0.4 is 0 Å². The maximum atomic E-state index is 12.5. The van der Waals surface area contributed by atoms with Gasteiger partial charge in [-0.3, -0.25) is 9.59 Å². The smallest absolute Gasteiger partial charge is 0.311 e. The summed E-state index contributed by atoms with van der Waals surface area (Å²) in [5.74, 6) is 0.958. The molecule has 34 heavy (non-hydrogen) atoms. The Hall–Kier alpha value is -1.06. The van der Waals surface area contributed by atoms with Crippen LogP contribution in [0.15, 0.2) is 0 Å². The summed E-state index contributed by atoms with van der Waals surface area (Å²) >= 11 is 0. The van der Waals surface area contributed by atoms with E-state index in [1.54, 1.807) is 0 Å². The van der Waals surface area contributed by atoms with Gasteiger partial charge in [0, 0.05) is 6.42 Å². The number of hydrogen-bond acceptors (Lipinski definition) is 4. The molecule has 0 aliphatic carbocycles. The van der Waals surface area contributed by atoms with E-state index in [1.807, 2.05) is 13.8 Å². The fraction of sp³-hybridized carbons (Fsp3) is 0.933. The lowest BCUT2D eigenvalue weighted by Gasteiger charge is -2.24. The van der Waals surface area contributed by atoms with E-state index >= 15 is 0 Å². The molecule has 2 unspecified atom stereocenters. The predicted octanol–water partition coefficient (Wildman–Crippen LogP) is 9.04. The maximum absolute atomic E-state index is 12.5. The molecule has 0 aromatic rings. The Labute approximate surface area is 212 Å². The van der Waals surface area contributed by atoms with Crippen LogP contribution in [-0.4, -0.2) is 25.2 Å². The Kier molecular flexibility index (Phi) is 20.6. The van der Waals surface area contributed by atoms with Crippen molar-refractivity contribution in [2.75, 3.05) is 13.2 Å². The molecule has 202 valence electrons. The normalized spacial score (nSPS) is 13.5. The van der Waals surface area contributed by atoms with E-state index in [4.69, 9.17) is 9.47 Å². The van der Waals surface area contributed by atoms with Crippen molar-refractivity contribution in [2.45, 2.75) is 151 Å². The Bertz CT molecular complexity index is 500. The molecule has 0 radical (unpaired) electrons. The maximum Gasteiger partial charge on any atom is 0.311 e. The number of carbonyl (C=O) groups excluding carboxylic acids is 2. The molecular formula is C30H58O4. The molecule has 0 aliphatic rings. The van der Waals surface area contributed by atoms with Gasteiger partial charge in [-0.2, -0.15) is 0 Å². The predicted molar refractivity (Wildman–Crippen MR) is 144 cm³/mol. The van der Waals surface area contributed by atoms with Crippen LogP contribution in [0.3, 0.4) is 0 Å². The summed E-state index contributed by atoms with van der Waals surface area (Å²) in [4.78, 5) is 24.5. The topological polar surface area (TPSA) is 52.6 Å². The van der Waals surface area contributed by atoms with Crippen LogP contribution in [0.5, 0.6) is 0 Å². The third-order valence-electron chi connectivity index (χ3n) is 7.25. The van der Waals surface area contributed by atoms with Crippen molar-refractivity contribution in [3.8, 4) is 0 Å². The summed E-state index contributed by atoms with van der Waals surface area (Å²) in [6.45, 7) is 14.0. The van der Waals surface area contributed by atoms with Gasteiger partial charge < -0.3 is 9.47 Å². The lowest BCUT2D eigenvalue weighted by atomic mass is 9.86. The van der Waals surface area contributed by atoms with Crippen molar-refractivity contribution in [3.63, 3.8) is 0 Å². The molecule has 2 atom stereocenters. The highest BCUT2D eigenvalue weighted by atomic mass is 16.5. The van der Waals surface area contributed by atoms with Gasteiger partial charge in [-0.05, 0) is 51.4 Å². The molecule has 0 rings (SSSR count). The third-order valence-corrected chi connectivity index (χ3v) is 7.25. The lowest BCUT2D eigenvalue weighted by Crippen LogP contribution is -2.28.